The van der Waals surface area contributed by atoms with Crippen LogP contribution in [0.3, 0.4) is 0 Å². The number of alkyl halides is 3. The van der Waals surface area contributed by atoms with E-state index in [0.717, 1.165) is 0 Å². The zero-order valence-electron chi connectivity index (χ0n) is 10.3. The van der Waals surface area contributed by atoms with Crippen molar-refractivity contribution < 1.29 is 13.2 Å². The average molecular weight is 296 g/mol. The monoisotopic (exact) mass is 296 g/mol. The second kappa shape index (κ2) is 4.34. The highest BCUT2D eigenvalue weighted by Gasteiger charge is 2.58. The van der Waals surface area contributed by atoms with Crippen LogP contribution in [0.15, 0.2) is 46.8 Å². The molecule has 1 unspecified atom stereocenters. The third-order valence-electron chi connectivity index (χ3n) is 3.46. The second-order valence-corrected chi connectivity index (χ2v) is 5.59. The van der Waals surface area contributed by atoms with Crippen molar-refractivity contribution in [3.63, 3.8) is 0 Å². The summed E-state index contributed by atoms with van der Waals surface area (Å²) in [6.07, 6.45) is -4.71. The molecule has 0 fully saturated rings. The van der Waals surface area contributed by atoms with Gasteiger partial charge in [-0.05, 0) is 22.6 Å². The Kier molecular flexibility index (Phi) is 2.86. The van der Waals surface area contributed by atoms with E-state index >= 15 is 0 Å². The summed E-state index contributed by atoms with van der Waals surface area (Å²) in [7, 11) is 0. The predicted molar refractivity (Wildman–Crippen MR) is 72.9 cm³/mol. The van der Waals surface area contributed by atoms with Gasteiger partial charge in [0.2, 0.25) is 0 Å². The summed E-state index contributed by atoms with van der Waals surface area (Å²) in [5.41, 5.74) is 4.19. The maximum atomic E-state index is 13.7. The van der Waals surface area contributed by atoms with Crippen LogP contribution in [0.2, 0.25) is 0 Å². The van der Waals surface area contributed by atoms with E-state index in [9.17, 15) is 13.2 Å². The van der Waals surface area contributed by atoms with Crippen molar-refractivity contribution in [2.75, 3.05) is 0 Å². The van der Waals surface area contributed by atoms with Crippen molar-refractivity contribution in [2.45, 2.75) is 18.1 Å². The lowest BCUT2D eigenvalue weighted by Crippen LogP contribution is -2.46. The van der Waals surface area contributed by atoms with Crippen LogP contribution in [0, 0.1) is 0 Å². The van der Waals surface area contributed by atoms with Gasteiger partial charge in [0.15, 0.2) is 5.54 Å². The zero-order chi connectivity index (χ0) is 14.4. The smallest absolute Gasteiger partial charge is 0.383 e. The van der Waals surface area contributed by atoms with Gasteiger partial charge in [-0.2, -0.15) is 13.2 Å². The number of hydrogen-bond donors (Lipinski definition) is 1. The largest absolute Gasteiger partial charge is 0.418 e. The van der Waals surface area contributed by atoms with Crippen LogP contribution in [0.25, 0.3) is 0 Å². The molecule has 0 bridgehead atoms. The molecule has 0 saturated heterocycles. The number of rotatable bonds is 1. The number of amidine groups is 1. The van der Waals surface area contributed by atoms with Gasteiger partial charge in [-0.15, -0.1) is 11.3 Å². The highest BCUT2D eigenvalue weighted by atomic mass is 32.1. The third kappa shape index (κ3) is 1.83. The van der Waals surface area contributed by atoms with Gasteiger partial charge in [0.05, 0.1) is 4.88 Å². The van der Waals surface area contributed by atoms with Crippen LogP contribution in [-0.4, -0.2) is 12.0 Å². The Balaban J connectivity index is 2.23. The molecule has 2 aromatic rings. The van der Waals surface area contributed by atoms with Crippen molar-refractivity contribution in [3.05, 3.63) is 57.8 Å². The van der Waals surface area contributed by atoms with Crippen LogP contribution in [0.1, 0.15) is 16.0 Å². The minimum atomic E-state index is -4.50. The van der Waals surface area contributed by atoms with E-state index in [-0.39, 0.29) is 17.8 Å². The molecular weight excluding hydrogens is 285 g/mol. The lowest BCUT2D eigenvalue weighted by Gasteiger charge is -2.35. The molecule has 1 aromatic heterocycles. The molecule has 1 atom stereocenters. The highest BCUT2D eigenvalue weighted by Crippen LogP contribution is 2.47. The summed E-state index contributed by atoms with van der Waals surface area (Å²) >= 11 is 1.32. The number of benzene rings is 1. The first-order valence-corrected chi connectivity index (χ1v) is 6.86. The fourth-order valence-electron chi connectivity index (χ4n) is 2.48. The zero-order valence-corrected chi connectivity index (χ0v) is 11.1. The van der Waals surface area contributed by atoms with Crippen molar-refractivity contribution in [2.24, 2.45) is 10.7 Å². The van der Waals surface area contributed by atoms with E-state index in [0.29, 0.717) is 10.4 Å². The maximum Gasteiger partial charge on any atom is 0.418 e. The number of hydrogen-bond acceptors (Lipinski definition) is 3. The van der Waals surface area contributed by atoms with E-state index in [4.69, 9.17) is 5.73 Å². The third-order valence-corrected chi connectivity index (χ3v) is 4.44. The Morgan fingerprint density at radius 3 is 2.50 bits per heavy atom. The molecule has 0 spiro atoms. The van der Waals surface area contributed by atoms with Gasteiger partial charge >= 0.3 is 6.18 Å². The van der Waals surface area contributed by atoms with Crippen molar-refractivity contribution in [1.29, 1.82) is 0 Å². The quantitative estimate of drug-likeness (QED) is 0.860. The van der Waals surface area contributed by atoms with Crippen LogP contribution in [-0.2, 0) is 12.0 Å². The molecule has 0 aliphatic carbocycles. The first-order valence-electron chi connectivity index (χ1n) is 5.98. The molecule has 6 heteroatoms. The molecule has 3 rings (SSSR count). The molecule has 1 aliphatic rings. The van der Waals surface area contributed by atoms with Crippen molar-refractivity contribution in [3.8, 4) is 0 Å². The van der Waals surface area contributed by atoms with Gasteiger partial charge in [0.1, 0.15) is 5.84 Å². The number of nitrogens with zero attached hydrogens (tertiary/aromatic N) is 1. The van der Waals surface area contributed by atoms with E-state index in [1.165, 1.54) is 23.5 Å². The van der Waals surface area contributed by atoms with Gasteiger partial charge in [0.25, 0.3) is 0 Å². The number of aliphatic imine (C=N–C) groups is 1. The van der Waals surface area contributed by atoms with Crippen molar-refractivity contribution in [1.82, 2.24) is 0 Å². The van der Waals surface area contributed by atoms with Gasteiger partial charge in [-0.25, -0.2) is 4.99 Å². The predicted octanol–water partition coefficient (Wildman–Crippen LogP) is 3.47. The standard InChI is InChI=1S/C14H11F3N2S/c15-14(16,17)13(10-4-2-1-3-5-10)8-9-6-7-20-11(9)12(18)19-13/h1-7H,8H2,(H2,18,19). The summed E-state index contributed by atoms with van der Waals surface area (Å²) in [5, 5.41) is 1.74. The molecule has 0 amide bonds. The molecule has 104 valence electrons. The first-order chi connectivity index (χ1) is 9.44. The Morgan fingerprint density at radius 2 is 1.85 bits per heavy atom. The minimum absolute atomic E-state index is 0.0394. The molecular formula is C14H11F3N2S. The first kappa shape index (κ1) is 13.2. The minimum Gasteiger partial charge on any atom is -0.383 e. The van der Waals surface area contributed by atoms with Crippen LogP contribution in [0.4, 0.5) is 13.2 Å². The Bertz CT molecular complexity index is 661. The number of nitrogens with two attached hydrogens (primary N) is 1. The summed E-state index contributed by atoms with van der Waals surface area (Å²) in [6, 6.07) is 9.42. The molecule has 1 aliphatic heterocycles. The Labute approximate surface area is 117 Å². The molecule has 1 aromatic carbocycles. The highest BCUT2D eigenvalue weighted by molar-refractivity contribution is 7.12. The topological polar surface area (TPSA) is 38.4 Å². The molecule has 0 radical (unpaired) electrons. The fourth-order valence-corrected chi connectivity index (χ4v) is 3.31. The molecule has 0 saturated carbocycles. The molecule has 20 heavy (non-hydrogen) atoms. The van der Waals surface area contributed by atoms with E-state index in [2.05, 4.69) is 4.99 Å². The molecule has 2 nitrogen and oxygen atoms in total. The van der Waals surface area contributed by atoms with Gasteiger partial charge in [-0.1, -0.05) is 30.3 Å². The SMILES string of the molecule is NC1=NC(c2ccccc2)(C(F)(F)F)Cc2ccsc21. The maximum absolute atomic E-state index is 13.7. The van der Waals surface area contributed by atoms with E-state index in [1.54, 1.807) is 29.6 Å². The summed E-state index contributed by atoms with van der Waals surface area (Å²) in [6.45, 7) is 0. The van der Waals surface area contributed by atoms with Crippen LogP contribution < -0.4 is 5.73 Å². The van der Waals surface area contributed by atoms with Gasteiger partial charge in [0, 0.05) is 6.42 Å². The number of fused-ring (bicyclic) bond motifs is 1. The average Bonchev–Trinajstić information content (AvgIpc) is 2.87. The second-order valence-electron chi connectivity index (χ2n) is 4.67. The fraction of sp³-hybridized carbons (Fsp3) is 0.214. The van der Waals surface area contributed by atoms with E-state index in [1.807, 2.05) is 0 Å². The molecule has 2 heterocycles. The van der Waals surface area contributed by atoms with Gasteiger partial charge in [-0.3, -0.25) is 0 Å². The van der Waals surface area contributed by atoms with Crippen LogP contribution >= 0.6 is 11.3 Å². The Morgan fingerprint density at radius 1 is 1.15 bits per heavy atom. The molecule has 2 N–H and O–H groups in total. The Hall–Kier alpha value is -1.82. The summed E-state index contributed by atoms with van der Waals surface area (Å²) in [5.74, 6) is -0.0394. The normalized spacial score (nSPS) is 22.2. The number of halogens is 3. The van der Waals surface area contributed by atoms with E-state index < -0.39 is 11.7 Å². The van der Waals surface area contributed by atoms with Crippen molar-refractivity contribution >= 4 is 17.2 Å². The lowest BCUT2D eigenvalue weighted by molar-refractivity contribution is -0.188. The van der Waals surface area contributed by atoms with Crippen LogP contribution in [0.5, 0.6) is 0 Å². The summed E-state index contributed by atoms with van der Waals surface area (Å²) in [4.78, 5) is 4.49. The lowest BCUT2D eigenvalue weighted by atomic mass is 9.82. The summed E-state index contributed by atoms with van der Waals surface area (Å²) < 4.78 is 41.1. The van der Waals surface area contributed by atoms with Gasteiger partial charge < -0.3 is 5.73 Å². The number of thiophene rings is 1.